The lowest BCUT2D eigenvalue weighted by Gasteiger charge is -2.34. The molecule has 1 aromatic rings. The summed E-state index contributed by atoms with van der Waals surface area (Å²) in [6.45, 7) is 3.17. The van der Waals surface area contributed by atoms with Gasteiger partial charge in [0, 0.05) is 25.0 Å². The van der Waals surface area contributed by atoms with E-state index in [2.05, 4.69) is 9.97 Å². The standard InChI is InChI=1S/C14H23N3O3S/c1-11-9-15-14(16-11)13-10-17(7-8-20-13)21(18,19)12-5-3-2-4-6-12/h9,12-13H,2-8,10H2,1H3,(H,15,16)/t13-/m1/s1. The van der Waals surface area contributed by atoms with Gasteiger partial charge in [-0.25, -0.2) is 13.4 Å². The van der Waals surface area contributed by atoms with Crippen LogP contribution in [0.4, 0.5) is 0 Å². The predicted molar refractivity (Wildman–Crippen MR) is 79.4 cm³/mol. The number of rotatable bonds is 3. The Morgan fingerprint density at radius 1 is 1.33 bits per heavy atom. The zero-order valence-corrected chi connectivity index (χ0v) is 13.2. The summed E-state index contributed by atoms with van der Waals surface area (Å²) in [7, 11) is -3.21. The van der Waals surface area contributed by atoms with Crippen molar-refractivity contribution in [3.8, 4) is 0 Å². The first-order chi connectivity index (χ1) is 10.1. The van der Waals surface area contributed by atoms with E-state index >= 15 is 0 Å². The molecule has 2 heterocycles. The third-order valence-corrected chi connectivity index (χ3v) is 6.76. The Bertz CT molecular complexity index is 578. The fourth-order valence-electron chi connectivity index (χ4n) is 3.19. The number of nitrogens with zero attached hydrogens (tertiary/aromatic N) is 2. The summed E-state index contributed by atoms with van der Waals surface area (Å²) in [5.74, 6) is 0.719. The highest BCUT2D eigenvalue weighted by atomic mass is 32.2. The van der Waals surface area contributed by atoms with Gasteiger partial charge in [-0.3, -0.25) is 0 Å². The third kappa shape index (κ3) is 3.14. The predicted octanol–water partition coefficient (Wildman–Crippen LogP) is 1.75. The molecule has 1 saturated carbocycles. The molecule has 0 amide bonds. The number of ether oxygens (including phenoxy) is 1. The van der Waals surface area contributed by atoms with Crippen molar-refractivity contribution in [1.29, 1.82) is 0 Å². The monoisotopic (exact) mass is 313 g/mol. The second-order valence-corrected chi connectivity index (χ2v) is 8.19. The van der Waals surface area contributed by atoms with Crippen LogP contribution in [0.1, 0.15) is 49.7 Å². The van der Waals surface area contributed by atoms with E-state index in [1.165, 1.54) is 0 Å². The van der Waals surface area contributed by atoms with Gasteiger partial charge in [0.2, 0.25) is 10.0 Å². The lowest BCUT2D eigenvalue weighted by atomic mass is 10.0. The number of sulfonamides is 1. The number of H-pyrrole nitrogens is 1. The van der Waals surface area contributed by atoms with E-state index in [0.29, 0.717) is 19.7 Å². The maximum Gasteiger partial charge on any atom is 0.217 e. The zero-order valence-electron chi connectivity index (χ0n) is 12.4. The molecular weight excluding hydrogens is 290 g/mol. The Labute approximate surface area is 125 Å². The van der Waals surface area contributed by atoms with E-state index in [1.807, 2.05) is 6.92 Å². The molecule has 2 fully saturated rings. The molecular formula is C14H23N3O3S. The second kappa shape index (κ2) is 6.06. The molecule has 21 heavy (non-hydrogen) atoms. The molecule has 0 unspecified atom stereocenters. The van der Waals surface area contributed by atoms with E-state index in [1.54, 1.807) is 10.5 Å². The number of morpholine rings is 1. The Morgan fingerprint density at radius 3 is 2.76 bits per heavy atom. The van der Waals surface area contributed by atoms with Gasteiger partial charge in [-0.15, -0.1) is 0 Å². The molecule has 2 aliphatic rings. The van der Waals surface area contributed by atoms with Gasteiger partial charge in [-0.05, 0) is 19.8 Å². The highest BCUT2D eigenvalue weighted by Gasteiger charge is 2.37. The number of aromatic amines is 1. The van der Waals surface area contributed by atoms with Crippen molar-refractivity contribution in [2.45, 2.75) is 50.4 Å². The minimum Gasteiger partial charge on any atom is -0.368 e. The van der Waals surface area contributed by atoms with Gasteiger partial charge in [0.1, 0.15) is 11.9 Å². The minimum absolute atomic E-state index is 0.205. The van der Waals surface area contributed by atoms with Crippen molar-refractivity contribution < 1.29 is 13.2 Å². The van der Waals surface area contributed by atoms with Gasteiger partial charge in [0.15, 0.2) is 0 Å². The van der Waals surface area contributed by atoms with E-state index in [9.17, 15) is 8.42 Å². The van der Waals surface area contributed by atoms with Crippen molar-refractivity contribution in [2.75, 3.05) is 19.7 Å². The quantitative estimate of drug-likeness (QED) is 0.922. The van der Waals surface area contributed by atoms with Crippen LogP contribution in [-0.2, 0) is 14.8 Å². The van der Waals surface area contributed by atoms with Gasteiger partial charge in [-0.2, -0.15) is 4.31 Å². The van der Waals surface area contributed by atoms with Gasteiger partial charge in [0.05, 0.1) is 11.9 Å². The summed E-state index contributed by atoms with van der Waals surface area (Å²) in [6, 6.07) is 0. The van der Waals surface area contributed by atoms with E-state index in [0.717, 1.165) is 43.6 Å². The van der Waals surface area contributed by atoms with E-state index in [4.69, 9.17) is 4.74 Å². The van der Waals surface area contributed by atoms with Gasteiger partial charge in [-0.1, -0.05) is 19.3 Å². The van der Waals surface area contributed by atoms with Crippen LogP contribution in [-0.4, -0.2) is 47.6 Å². The van der Waals surface area contributed by atoms with E-state index < -0.39 is 10.0 Å². The molecule has 0 spiro atoms. The molecule has 1 N–H and O–H groups in total. The fraction of sp³-hybridized carbons (Fsp3) is 0.786. The molecule has 6 nitrogen and oxygen atoms in total. The topological polar surface area (TPSA) is 75.3 Å². The number of nitrogens with one attached hydrogen (secondary N) is 1. The second-order valence-electron chi connectivity index (χ2n) is 5.97. The summed E-state index contributed by atoms with van der Waals surface area (Å²) in [6.07, 6.45) is 6.25. The van der Waals surface area contributed by atoms with Crippen LogP contribution < -0.4 is 0 Å². The lowest BCUT2D eigenvalue weighted by molar-refractivity contribution is -0.00749. The first-order valence-electron chi connectivity index (χ1n) is 7.69. The van der Waals surface area contributed by atoms with Gasteiger partial charge in [0.25, 0.3) is 0 Å². The van der Waals surface area contributed by atoms with Crippen LogP contribution >= 0.6 is 0 Å². The molecule has 3 rings (SSSR count). The Balaban J connectivity index is 1.73. The maximum absolute atomic E-state index is 12.8. The molecule has 1 aromatic heterocycles. The molecule has 0 aromatic carbocycles. The molecule has 1 saturated heterocycles. The zero-order chi connectivity index (χ0) is 14.9. The van der Waals surface area contributed by atoms with E-state index in [-0.39, 0.29) is 11.4 Å². The van der Waals surface area contributed by atoms with Gasteiger partial charge >= 0.3 is 0 Å². The summed E-state index contributed by atoms with van der Waals surface area (Å²) in [4.78, 5) is 7.41. The van der Waals surface area contributed by atoms with Crippen molar-refractivity contribution in [3.05, 3.63) is 17.7 Å². The molecule has 118 valence electrons. The van der Waals surface area contributed by atoms with Crippen LogP contribution in [0, 0.1) is 6.92 Å². The van der Waals surface area contributed by atoms with Crippen LogP contribution in [0.2, 0.25) is 0 Å². The van der Waals surface area contributed by atoms with Crippen LogP contribution in [0.3, 0.4) is 0 Å². The number of imidazole rings is 1. The normalized spacial score (nSPS) is 26.0. The first kappa shape index (κ1) is 15.0. The summed E-state index contributed by atoms with van der Waals surface area (Å²) >= 11 is 0. The van der Waals surface area contributed by atoms with Crippen LogP contribution in [0.15, 0.2) is 6.20 Å². The van der Waals surface area contributed by atoms with Crippen LogP contribution in [0.25, 0.3) is 0 Å². The number of hydrogen-bond donors (Lipinski definition) is 1. The average Bonchev–Trinajstić information content (AvgIpc) is 2.95. The first-order valence-corrected chi connectivity index (χ1v) is 9.20. The SMILES string of the molecule is Cc1cnc([C@H]2CN(S(=O)(=O)C3CCCCC3)CCO2)[nH]1. The molecule has 0 bridgehead atoms. The maximum atomic E-state index is 12.8. The smallest absolute Gasteiger partial charge is 0.217 e. The van der Waals surface area contributed by atoms with Crippen LogP contribution in [0.5, 0.6) is 0 Å². The minimum atomic E-state index is -3.21. The fourth-order valence-corrected chi connectivity index (χ4v) is 5.22. The third-order valence-electron chi connectivity index (χ3n) is 4.39. The summed E-state index contributed by atoms with van der Waals surface area (Å²) < 4.78 is 32.8. The molecule has 1 atom stereocenters. The molecule has 7 heteroatoms. The molecule has 1 aliphatic heterocycles. The van der Waals surface area contributed by atoms with Crippen molar-refractivity contribution in [2.24, 2.45) is 0 Å². The lowest BCUT2D eigenvalue weighted by Crippen LogP contribution is -2.46. The average molecular weight is 313 g/mol. The highest BCUT2D eigenvalue weighted by molar-refractivity contribution is 7.89. The summed E-state index contributed by atoms with van der Waals surface area (Å²) in [5.41, 5.74) is 0.959. The number of aryl methyl sites for hydroxylation is 1. The highest BCUT2D eigenvalue weighted by Crippen LogP contribution is 2.29. The van der Waals surface area contributed by atoms with Crippen molar-refractivity contribution in [3.63, 3.8) is 0 Å². The Hall–Kier alpha value is -0.920. The molecule has 1 aliphatic carbocycles. The Morgan fingerprint density at radius 2 is 2.10 bits per heavy atom. The largest absolute Gasteiger partial charge is 0.368 e. The Kier molecular flexibility index (Phi) is 4.33. The molecule has 0 radical (unpaired) electrons. The summed E-state index contributed by atoms with van der Waals surface area (Å²) in [5, 5.41) is -0.205. The number of hydrogen-bond acceptors (Lipinski definition) is 4. The van der Waals surface area contributed by atoms with Crippen molar-refractivity contribution >= 4 is 10.0 Å². The number of aromatic nitrogens is 2. The van der Waals surface area contributed by atoms with Gasteiger partial charge < -0.3 is 9.72 Å². The van der Waals surface area contributed by atoms with Crippen molar-refractivity contribution in [1.82, 2.24) is 14.3 Å².